The minimum Gasteiger partial charge on any atom is -0.382 e. The lowest BCUT2D eigenvalue weighted by molar-refractivity contribution is -0.119. The van der Waals surface area contributed by atoms with Gasteiger partial charge in [-0.15, -0.1) is 0 Å². The zero-order valence-electron chi connectivity index (χ0n) is 15.0. The van der Waals surface area contributed by atoms with Crippen molar-refractivity contribution in [2.24, 2.45) is 0 Å². The van der Waals surface area contributed by atoms with Gasteiger partial charge < -0.3 is 9.22 Å². The standard InChI is InChI=1S/C14H31N3OSi3/c1-19(2,3)12(14(18)16-20(4,5)6)13-15-10-11-17(13)21(7,8)9/h10-12H,1-9H3,(H,16,18). The molecule has 0 saturated heterocycles. The first kappa shape index (κ1) is 18.4. The van der Waals surface area contributed by atoms with Gasteiger partial charge in [0.2, 0.25) is 5.91 Å². The van der Waals surface area contributed by atoms with Crippen LogP contribution in [0.4, 0.5) is 0 Å². The Morgan fingerprint density at radius 1 is 1.10 bits per heavy atom. The zero-order valence-corrected chi connectivity index (χ0v) is 18.0. The van der Waals surface area contributed by atoms with Crippen molar-refractivity contribution in [2.45, 2.75) is 64.5 Å². The third-order valence-electron chi connectivity index (χ3n) is 3.28. The molecule has 0 saturated carbocycles. The van der Waals surface area contributed by atoms with Gasteiger partial charge in [0.25, 0.3) is 0 Å². The van der Waals surface area contributed by atoms with Crippen LogP contribution in [0.5, 0.6) is 0 Å². The minimum absolute atomic E-state index is 0.0778. The van der Waals surface area contributed by atoms with Crippen LogP contribution in [0.3, 0.4) is 0 Å². The highest BCUT2D eigenvalue weighted by molar-refractivity contribution is 6.82. The van der Waals surface area contributed by atoms with Crippen molar-refractivity contribution in [3.05, 3.63) is 18.2 Å². The van der Waals surface area contributed by atoms with E-state index in [1.807, 2.05) is 6.20 Å². The molecule has 0 aliphatic heterocycles. The first-order valence-electron chi connectivity index (χ1n) is 7.59. The van der Waals surface area contributed by atoms with Gasteiger partial charge in [-0.1, -0.05) is 58.9 Å². The Balaban J connectivity index is 3.29. The van der Waals surface area contributed by atoms with Crippen molar-refractivity contribution in [3.8, 4) is 0 Å². The summed E-state index contributed by atoms with van der Waals surface area (Å²) in [5, 5.41) is 0. The molecular weight excluding hydrogens is 310 g/mol. The number of carbonyl (C=O) groups is 1. The number of rotatable bonds is 5. The number of nitrogens with one attached hydrogen (secondary N) is 1. The Bertz CT molecular complexity index is 507. The maximum Gasteiger partial charge on any atom is 0.220 e. The van der Waals surface area contributed by atoms with E-state index >= 15 is 0 Å². The second-order valence-electron chi connectivity index (χ2n) is 8.86. The molecule has 0 radical (unpaired) electrons. The van der Waals surface area contributed by atoms with Gasteiger partial charge in [-0.05, 0) is 0 Å². The molecule has 1 rings (SSSR count). The molecule has 7 heteroatoms. The predicted octanol–water partition coefficient (Wildman–Crippen LogP) is 3.48. The second-order valence-corrected chi connectivity index (χ2v) is 23.7. The molecule has 0 aromatic carbocycles. The lowest BCUT2D eigenvalue weighted by Crippen LogP contribution is -2.53. The summed E-state index contributed by atoms with van der Waals surface area (Å²) in [6, 6.07) is 0. The molecule has 1 atom stereocenters. The fourth-order valence-electron chi connectivity index (χ4n) is 2.44. The SMILES string of the molecule is C[Si](C)(C)NC(=O)C(c1nccn1[Si](C)(C)C)[Si](C)(C)C. The Kier molecular flexibility index (Phi) is 5.12. The van der Waals surface area contributed by atoms with Crippen molar-refractivity contribution < 1.29 is 4.79 Å². The third-order valence-corrected chi connectivity index (χ3v) is 8.35. The van der Waals surface area contributed by atoms with Gasteiger partial charge in [0.1, 0.15) is 14.1 Å². The monoisotopic (exact) mass is 341 g/mol. The van der Waals surface area contributed by atoms with Crippen LogP contribution < -0.4 is 4.98 Å². The molecule has 21 heavy (non-hydrogen) atoms. The molecule has 1 aromatic rings. The van der Waals surface area contributed by atoms with E-state index in [0.29, 0.717) is 0 Å². The molecule has 0 aliphatic carbocycles. The van der Waals surface area contributed by atoms with E-state index in [9.17, 15) is 4.79 Å². The van der Waals surface area contributed by atoms with E-state index in [0.717, 1.165) is 5.82 Å². The van der Waals surface area contributed by atoms with Crippen molar-refractivity contribution in [2.75, 3.05) is 0 Å². The summed E-state index contributed by atoms with van der Waals surface area (Å²) in [5.41, 5.74) is -0.0778. The number of hydrogen-bond acceptors (Lipinski definition) is 2. The molecule has 1 heterocycles. The molecule has 0 spiro atoms. The highest BCUT2D eigenvalue weighted by Gasteiger charge is 2.40. The molecule has 1 aromatic heterocycles. The first-order chi connectivity index (χ1) is 9.23. The van der Waals surface area contributed by atoms with E-state index < -0.39 is 24.5 Å². The van der Waals surface area contributed by atoms with Crippen LogP contribution in [0.1, 0.15) is 11.4 Å². The van der Waals surface area contributed by atoms with Gasteiger partial charge in [-0.25, -0.2) is 4.98 Å². The van der Waals surface area contributed by atoms with Gasteiger partial charge in [0.05, 0.1) is 13.6 Å². The normalized spacial score (nSPS) is 14.9. The highest BCUT2D eigenvalue weighted by atomic mass is 28.3. The van der Waals surface area contributed by atoms with Gasteiger partial charge in [-0.2, -0.15) is 0 Å². The summed E-state index contributed by atoms with van der Waals surface area (Å²) >= 11 is 0. The van der Waals surface area contributed by atoms with Crippen LogP contribution in [0.2, 0.25) is 58.9 Å². The smallest absolute Gasteiger partial charge is 0.220 e. The third kappa shape index (κ3) is 4.93. The van der Waals surface area contributed by atoms with Crippen LogP contribution in [-0.4, -0.2) is 39.7 Å². The van der Waals surface area contributed by atoms with Gasteiger partial charge >= 0.3 is 0 Å². The molecule has 0 aliphatic rings. The number of amides is 1. The van der Waals surface area contributed by atoms with Crippen LogP contribution in [0.25, 0.3) is 0 Å². The van der Waals surface area contributed by atoms with Crippen molar-refractivity contribution >= 4 is 30.5 Å². The molecule has 1 N–H and O–H groups in total. The summed E-state index contributed by atoms with van der Waals surface area (Å²) in [6.07, 6.45) is 3.90. The fourth-order valence-corrected chi connectivity index (χ4v) is 6.83. The van der Waals surface area contributed by atoms with Crippen LogP contribution in [0.15, 0.2) is 12.4 Å². The van der Waals surface area contributed by atoms with E-state index in [-0.39, 0.29) is 11.4 Å². The Hall–Kier alpha value is -0.669. The molecule has 1 amide bonds. The lowest BCUT2D eigenvalue weighted by atomic mass is 10.4. The number of hydrogen-bond donors (Lipinski definition) is 1. The van der Waals surface area contributed by atoms with Gasteiger partial charge in [0, 0.05) is 12.4 Å². The molecule has 1 unspecified atom stereocenters. The lowest BCUT2D eigenvalue weighted by Gasteiger charge is -2.33. The summed E-state index contributed by atoms with van der Waals surface area (Å²) in [5.74, 6) is 1.16. The number of aromatic nitrogens is 2. The molecule has 4 nitrogen and oxygen atoms in total. The second kappa shape index (κ2) is 5.85. The average Bonchev–Trinajstić information content (AvgIpc) is 2.59. The summed E-state index contributed by atoms with van der Waals surface area (Å²) in [4.78, 5) is 20.8. The summed E-state index contributed by atoms with van der Waals surface area (Å²) < 4.78 is 2.29. The van der Waals surface area contributed by atoms with E-state index in [1.54, 1.807) is 0 Å². The molecular formula is C14H31N3OSi3. The Morgan fingerprint density at radius 3 is 2.00 bits per heavy atom. The van der Waals surface area contributed by atoms with Crippen molar-refractivity contribution in [3.63, 3.8) is 0 Å². The number of carbonyl (C=O) groups excluding carboxylic acids is 1. The fraction of sp³-hybridized carbons (Fsp3) is 0.714. The van der Waals surface area contributed by atoms with E-state index in [2.05, 4.69) is 79.3 Å². The first-order valence-corrected chi connectivity index (χ1v) is 18.1. The Morgan fingerprint density at radius 2 is 1.62 bits per heavy atom. The van der Waals surface area contributed by atoms with E-state index in [4.69, 9.17) is 0 Å². The van der Waals surface area contributed by atoms with Gasteiger partial charge in [0.15, 0.2) is 8.24 Å². The molecule has 0 fully saturated rings. The van der Waals surface area contributed by atoms with Crippen LogP contribution >= 0.6 is 0 Å². The molecule has 0 bridgehead atoms. The largest absolute Gasteiger partial charge is 0.382 e. The topological polar surface area (TPSA) is 46.9 Å². The average molecular weight is 342 g/mol. The van der Waals surface area contributed by atoms with Crippen LogP contribution in [-0.2, 0) is 4.79 Å². The quantitative estimate of drug-likeness (QED) is 0.834. The van der Waals surface area contributed by atoms with Gasteiger partial charge in [-0.3, -0.25) is 4.79 Å². The maximum absolute atomic E-state index is 12.9. The minimum atomic E-state index is -1.72. The summed E-state index contributed by atoms with van der Waals surface area (Å²) in [6.45, 7) is 20.1. The predicted molar refractivity (Wildman–Crippen MR) is 98.5 cm³/mol. The number of imidazole rings is 1. The van der Waals surface area contributed by atoms with Crippen molar-refractivity contribution in [1.29, 1.82) is 0 Å². The highest BCUT2D eigenvalue weighted by Crippen LogP contribution is 2.28. The van der Waals surface area contributed by atoms with E-state index in [1.165, 1.54) is 0 Å². The molecule has 120 valence electrons. The number of nitrogens with zero attached hydrogens (tertiary/aromatic N) is 2. The summed E-state index contributed by atoms with van der Waals surface area (Å²) in [7, 11) is -4.92. The maximum atomic E-state index is 12.9. The Labute approximate surface area is 132 Å². The van der Waals surface area contributed by atoms with Crippen molar-refractivity contribution in [1.82, 2.24) is 14.2 Å². The van der Waals surface area contributed by atoms with Crippen LogP contribution in [0, 0.1) is 0 Å². The zero-order chi connectivity index (χ0) is 16.6.